The van der Waals surface area contributed by atoms with Crippen molar-refractivity contribution in [2.75, 3.05) is 34.8 Å². The van der Waals surface area contributed by atoms with E-state index in [4.69, 9.17) is 0 Å². The average molecular weight is 467 g/mol. The smallest absolute Gasteiger partial charge is 0.257 e. The molecule has 1 saturated heterocycles. The van der Waals surface area contributed by atoms with Gasteiger partial charge in [-0.25, -0.2) is 15.0 Å². The van der Waals surface area contributed by atoms with Gasteiger partial charge in [-0.1, -0.05) is 6.07 Å². The highest BCUT2D eigenvalue weighted by Crippen LogP contribution is 2.22. The molecule has 0 bridgehead atoms. The monoisotopic (exact) mass is 466 g/mol. The molecule has 1 aliphatic rings. The Kier molecular flexibility index (Phi) is 6.30. The summed E-state index contributed by atoms with van der Waals surface area (Å²) >= 11 is 0. The molecule has 4 aromatic rings. The van der Waals surface area contributed by atoms with Crippen molar-refractivity contribution in [3.8, 4) is 11.3 Å². The number of aryl methyl sites for hydroxylation is 1. The summed E-state index contributed by atoms with van der Waals surface area (Å²) in [5.74, 6) is 1.37. The fourth-order valence-electron chi connectivity index (χ4n) is 4.19. The van der Waals surface area contributed by atoms with Gasteiger partial charge in [-0.05, 0) is 49.7 Å². The van der Waals surface area contributed by atoms with E-state index in [1.165, 1.54) is 0 Å². The van der Waals surface area contributed by atoms with Crippen molar-refractivity contribution in [1.82, 2.24) is 24.9 Å². The van der Waals surface area contributed by atoms with Crippen LogP contribution in [-0.4, -0.2) is 56.5 Å². The molecule has 0 unspecified atom stereocenters. The number of pyridine rings is 3. The Bertz CT molecular complexity index is 1300. The first kappa shape index (κ1) is 22.4. The van der Waals surface area contributed by atoms with Crippen molar-refractivity contribution < 1.29 is 4.79 Å². The van der Waals surface area contributed by atoms with Crippen LogP contribution < -0.4 is 15.1 Å². The summed E-state index contributed by atoms with van der Waals surface area (Å²) in [4.78, 5) is 39.2. The summed E-state index contributed by atoms with van der Waals surface area (Å²) in [6, 6.07) is 11.7. The zero-order valence-corrected chi connectivity index (χ0v) is 19.7. The van der Waals surface area contributed by atoms with Crippen LogP contribution in [0, 0.1) is 6.92 Å². The average Bonchev–Trinajstić information content (AvgIpc) is 2.90. The summed E-state index contributed by atoms with van der Waals surface area (Å²) in [5, 5.41) is 2.85. The van der Waals surface area contributed by atoms with E-state index >= 15 is 0 Å². The van der Waals surface area contributed by atoms with Gasteiger partial charge in [0.1, 0.15) is 5.82 Å². The van der Waals surface area contributed by atoms with Gasteiger partial charge in [0.05, 0.1) is 29.3 Å². The van der Waals surface area contributed by atoms with Crippen molar-refractivity contribution in [3.05, 3.63) is 84.7 Å². The Labute approximate surface area is 203 Å². The zero-order chi connectivity index (χ0) is 24.2. The lowest BCUT2D eigenvalue weighted by Gasteiger charge is -2.40. The van der Waals surface area contributed by atoms with Crippen LogP contribution in [0.1, 0.15) is 22.8 Å². The lowest BCUT2D eigenvalue weighted by atomic mass is 10.1. The van der Waals surface area contributed by atoms with Gasteiger partial charge in [0.2, 0.25) is 5.95 Å². The van der Waals surface area contributed by atoms with Crippen LogP contribution >= 0.6 is 0 Å². The molecule has 0 aromatic carbocycles. The van der Waals surface area contributed by atoms with Gasteiger partial charge >= 0.3 is 0 Å². The number of piperazine rings is 1. The van der Waals surface area contributed by atoms with Crippen molar-refractivity contribution in [2.45, 2.75) is 19.9 Å². The molecule has 5 rings (SSSR count). The second kappa shape index (κ2) is 9.84. The molecule has 0 radical (unpaired) electrons. The molecule has 9 heteroatoms. The number of amides is 1. The largest absolute Gasteiger partial charge is 0.353 e. The van der Waals surface area contributed by atoms with Gasteiger partial charge in [-0.15, -0.1) is 0 Å². The lowest BCUT2D eigenvalue weighted by molar-refractivity contribution is 0.102. The fourth-order valence-corrected chi connectivity index (χ4v) is 4.19. The predicted molar refractivity (Wildman–Crippen MR) is 135 cm³/mol. The molecule has 4 aromatic heterocycles. The van der Waals surface area contributed by atoms with Crippen LogP contribution in [0.3, 0.4) is 0 Å². The van der Waals surface area contributed by atoms with Crippen LogP contribution in [-0.2, 0) is 0 Å². The Hall–Kier alpha value is -4.40. The molecule has 1 aliphatic heterocycles. The Morgan fingerprint density at radius 3 is 2.49 bits per heavy atom. The summed E-state index contributed by atoms with van der Waals surface area (Å²) in [7, 11) is 0. The maximum atomic E-state index is 12.7. The van der Waals surface area contributed by atoms with Gasteiger partial charge in [0.15, 0.2) is 0 Å². The van der Waals surface area contributed by atoms with Crippen LogP contribution in [0.2, 0.25) is 0 Å². The van der Waals surface area contributed by atoms with E-state index in [1.807, 2.05) is 43.5 Å². The molecule has 1 fully saturated rings. The molecule has 1 atom stereocenters. The van der Waals surface area contributed by atoms with Gasteiger partial charge in [0.25, 0.3) is 5.91 Å². The first-order chi connectivity index (χ1) is 17.1. The molecular weight excluding hydrogens is 440 g/mol. The van der Waals surface area contributed by atoms with E-state index in [1.54, 1.807) is 37.1 Å². The standard InChI is InChI=1S/C26H26N8O/c1-18-13-27-10-8-22(18)23-7-6-20(14-29-23)25(35)32-21-15-30-26(31-16-21)34-12-11-33(17-19(34)2)24-5-3-4-9-28-24/h3-10,13-16,19H,11-12,17H2,1-2H3,(H,32,35)/t19-/m0/s1. The zero-order valence-electron chi connectivity index (χ0n) is 19.7. The first-order valence-corrected chi connectivity index (χ1v) is 11.5. The number of hydrogen-bond acceptors (Lipinski definition) is 8. The third-order valence-corrected chi connectivity index (χ3v) is 6.08. The van der Waals surface area contributed by atoms with Crippen molar-refractivity contribution in [1.29, 1.82) is 0 Å². The number of rotatable bonds is 5. The molecule has 0 saturated carbocycles. The summed E-state index contributed by atoms with van der Waals surface area (Å²) in [6.07, 6.45) is 10.2. The highest BCUT2D eigenvalue weighted by molar-refractivity contribution is 6.04. The predicted octanol–water partition coefficient (Wildman–Crippen LogP) is 3.60. The van der Waals surface area contributed by atoms with E-state index in [0.717, 1.165) is 42.3 Å². The SMILES string of the molecule is Cc1cnccc1-c1ccc(C(=O)Nc2cnc(N3CCN(c4ccccn4)C[C@@H]3C)nc2)cn1. The fraction of sp³-hybridized carbons (Fsp3) is 0.231. The van der Waals surface area contributed by atoms with Crippen molar-refractivity contribution >= 4 is 23.4 Å². The third kappa shape index (κ3) is 4.93. The number of nitrogens with zero attached hydrogens (tertiary/aromatic N) is 7. The quantitative estimate of drug-likeness (QED) is 0.476. The maximum Gasteiger partial charge on any atom is 0.257 e. The molecule has 9 nitrogen and oxygen atoms in total. The highest BCUT2D eigenvalue weighted by Gasteiger charge is 2.26. The van der Waals surface area contributed by atoms with Crippen LogP contribution in [0.25, 0.3) is 11.3 Å². The van der Waals surface area contributed by atoms with Gasteiger partial charge in [-0.2, -0.15) is 0 Å². The molecule has 0 spiro atoms. The molecule has 35 heavy (non-hydrogen) atoms. The van der Waals surface area contributed by atoms with Gasteiger partial charge in [0, 0.05) is 56.0 Å². The Morgan fingerprint density at radius 2 is 1.80 bits per heavy atom. The Morgan fingerprint density at radius 1 is 0.943 bits per heavy atom. The van der Waals surface area contributed by atoms with E-state index in [9.17, 15) is 4.79 Å². The minimum absolute atomic E-state index is 0.222. The van der Waals surface area contributed by atoms with E-state index in [0.29, 0.717) is 17.2 Å². The minimum atomic E-state index is -0.260. The highest BCUT2D eigenvalue weighted by atomic mass is 16.1. The lowest BCUT2D eigenvalue weighted by Crippen LogP contribution is -2.53. The molecule has 5 heterocycles. The van der Waals surface area contributed by atoms with Gasteiger partial charge in [-0.3, -0.25) is 14.8 Å². The summed E-state index contributed by atoms with van der Waals surface area (Å²) in [6.45, 7) is 6.60. The third-order valence-electron chi connectivity index (χ3n) is 6.08. The van der Waals surface area contributed by atoms with E-state index in [-0.39, 0.29) is 11.9 Å². The molecule has 0 aliphatic carbocycles. The Balaban J connectivity index is 1.21. The second-order valence-electron chi connectivity index (χ2n) is 8.52. The molecular formula is C26H26N8O. The first-order valence-electron chi connectivity index (χ1n) is 11.5. The normalized spacial score (nSPS) is 15.7. The number of aromatic nitrogens is 5. The number of carbonyl (C=O) groups is 1. The molecule has 176 valence electrons. The van der Waals surface area contributed by atoms with Crippen molar-refractivity contribution in [3.63, 3.8) is 0 Å². The van der Waals surface area contributed by atoms with E-state index in [2.05, 4.69) is 47.0 Å². The maximum absolute atomic E-state index is 12.7. The summed E-state index contributed by atoms with van der Waals surface area (Å²) in [5.41, 5.74) is 3.82. The van der Waals surface area contributed by atoms with Crippen LogP contribution in [0.4, 0.5) is 17.5 Å². The van der Waals surface area contributed by atoms with Gasteiger partial charge < -0.3 is 15.1 Å². The van der Waals surface area contributed by atoms with Crippen LogP contribution in [0.15, 0.2) is 73.6 Å². The van der Waals surface area contributed by atoms with Crippen LogP contribution in [0.5, 0.6) is 0 Å². The topological polar surface area (TPSA) is 100 Å². The van der Waals surface area contributed by atoms with E-state index < -0.39 is 0 Å². The molecule has 1 N–H and O–H groups in total. The summed E-state index contributed by atoms with van der Waals surface area (Å²) < 4.78 is 0. The number of nitrogens with one attached hydrogen (secondary N) is 1. The second-order valence-corrected chi connectivity index (χ2v) is 8.52. The number of anilines is 3. The van der Waals surface area contributed by atoms with Crippen molar-refractivity contribution in [2.24, 2.45) is 0 Å². The minimum Gasteiger partial charge on any atom is -0.353 e. The number of carbonyl (C=O) groups excluding carboxylic acids is 1. The molecule has 1 amide bonds. The number of hydrogen-bond donors (Lipinski definition) is 1.